The van der Waals surface area contributed by atoms with Crippen molar-refractivity contribution in [2.24, 2.45) is 0 Å². The summed E-state index contributed by atoms with van der Waals surface area (Å²) in [6.45, 7) is 1.79. The van der Waals surface area contributed by atoms with Gasteiger partial charge in [-0.15, -0.1) is 0 Å². The lowest BCUT2D eigenvalue weighted by Gasteiger charge is -2.31. The van der Waals surface area contributed by atoms with Crippen molar-refractivity contribution in [3.63, 3.8) is 0 Å². The summed E-state index contributed by atoms with van der Waals surface area (Å²) in [4.78, 5) is 12.9. The molecule has 2 N–H and O–H groups in total. The van der Waals surface area contributed by atoms with E-state index < -0.39 is 32.9 Å². The molecule has 1 fully saturated rings. The molecule has 29 heavy (non-hydrogen) atoms. The molecule has 1 saturated heterocycles. The summed E-state index contributed by atoms with van der Waals surface area (Å²) in [7, 11) is -3.13. The Morgan fingerprint density at radius 3 is 2.34 bits per heavy atom. The summed E-state index contributed by atoms with van der Waals surface area (Å²) in [5.74, 6) is -2.10. The number of aromatic nitrogens is 1. The van der Waals surface area contributed by atoms with Crippen molar-refractivity contribution in [1.82, 2.24) is 0 Å². The molecule has 0 atom stereocenters. The molecule has 2 aromatic rings. The molecular weight excluding hydrogens is 402 g/mol. The molecule has 0 saturated carbocycles. The third-order valence-corrected chi connectivity index (χ3v) is 6.88. The molecule has 0 unspecified atom stereocenters. The van der Waals surface area contributed by atoms with E-state index in [1.165, 1.54) is 0 Å². The maximum Gasteiger partial charge on any atom is 0.253 e. The molecule has 10 heteroatoms. The van der Waals surface area contributed by atoms with Crippen LogP contribution in [0.2, 0.25) is 0 Å². The van der Waals surface area contributed by atoms with Crippen LogP contribution < -0.4 is 14.2 Å². The summed E-state index contributed by atoms with van der Waals surface area (Å²) in [6.07, 6.45) is 1.64. The van der Waals surface area contributed by atoms with Gasteiger partial charge in [0.25, 0.3) is 5.79 Å². The number of benzene rings is 1. The number of sulfone groups is 1. The number of carbonyl (C=O) groups is 1. The number of hydrogen-bond donors (Lipinski definition) is 2. The molecule has 2 aliphatic heterocycles. The molecule has 154 valence electrons. The number of aromatic hydroxyl groups is 2. The van der Waals surface area contributed by atoms with Crippen LogP contribution >= 0.6 is 0 Å². The lowest BCUT2D eigenvalue weighted by Crippen LogP contribution is -2.46. The minimum absolute atomic E-state index is 0.0652. The summed E-state index contributed by atoms with van der Waals surface area (Å²) < 4.78 is 35.7. The van der Waals surface area contributed by atoms with E-state index in [4.69, 9.17) is 9.47 Å². The largest absolute Gasteiger partial charge is 0.619 e. The Balaban J connectivity index is 1.65. The number of carbonyl (C=O) groups excluding carboxylic acids is 1. The van der Waals surface area contributed by atoms with E-state index in [0.29, 0.717) is 5.75 Å². The molecule has 0 bridgehead atoms. The van der Waals surface area contributed by atoms with E-state index in [-0.39, 0.29) is 52.4 Å². The van der Waals surface area contributed by atoms with Crippen molar-refractivity contribution in [2.45, 2.75) is 32.0 Å². The van der Waals surface area contributed by atoms with E-state index in [0.717, 1.165) is 18.0 Å². The molecule has 1 spiro atoms. The molecular formula is C19H19NO8S. The highest BCUT2D eigenvalue weighted by atomic mass is 32.2. The lowest BCUT2D eigenvalue weighted by atomic mass is 10.00. The van der Waals surface area contributed by atoms with Gasteiger partial charge in [0.1, 0.15) is 0 Å². The number of pyridine rings is 1. The van der Waals surface area contributed by atoms with Gasteiger partial charge in [0.05, 0.1) is 22.6 Å². The second-order valence-corrected chi connectivity index (χ2v) is 9.63. The first kappa shape index (κ1) is 19.3. The monoisotopic (exact) mass is 421 g/mol. The van der Waals surface area contributed by atoms with Crippen molar-refractivity contribution in [3.8, 4) is 23.0 Å². The fourth-order valence-electron chi connectivity index (χ4n) is 3.56. The predicted octanol–water partition coefficient (Wildman–Crippen LogP) is 1.14. The Labute approximate surface area is 166 Å². The van der Waals surface area contributed by atoms with E-state index in [1.807, 2.05) is 0 Å². The molecule has 4 rings (SSSR count). The van der Waals surface area contributed by atoms with E-state index in [1.54, 1.807) is 19.1 Å². The standard InChI is InChI=1S/C19H19NO8S/c1-11-2-3-12(14(21)8-13-15(22)9-20(24)10-16(13)23)18-17(11)27-19(28-18)4-6-29(25,26)7-5-19/h2-3,9-10,22-23H,4-8H2,1H3. The molecule has 3 heterocycles. The van der Waals surface area contributed by atoms with Crippen molar-refractivity contribution in [1.29, 1.82) is 0 Å². The zero-order chi connectivity index (χ0) is 21.0. The van der Waals surface area contributed by atoms with E-state index in [2.05, 4.69) is 0 Å². The van der Waals surface area contributed by atoms with Crippen LogP contribution in [0.1, 0.15) is 34.3 Å². The Morgan fingerprint density at radius 2 is 1.72 bits per heavy atom. The fourth-order valence-corrected chi connectivity index (χ4v) is 5.01. The number of nitrogens with zero attached hydrogens (tertiary/aromatic N) is 1. The van der Waals surface area contributed by atoms with Gasteiger partial charge in [-0.05, 0) is 18.6 Å². The van der Waals surface area contributed by atoms with E-state index >= 15 is 0 Å². The molecule has 2 aliphatic rings. The second kappa shape index (κ2) is 6.51. The average Bonchev–Trinajstić information content (AvgIpc) is 3.02. The van der Waals surface area contributed by atoms with Crippen LogP contribution in [0.25, 0.3) is 0 Å². The number of ether oxygens (including phenoxy) is 2. The minimum atomic E-state index is -3.13. The van der Waals surface area contributed by atoms with Gasteiger partial charge in [-0.2, -0.15) is 4.73 Å². The van der Waals surface area contributed by atoms with Gasteiger partial charge >= 0.3 is 0 Å². The molecule has 9 nitrogen and oxygen atoms in total. The summed E-state index contributed by atoms with van der Waals surface area (Å²) in [6, 6.07) is 3.24. The average molecular weight is 421 g/mol. The number of ketones is 1. The summed E-state index contributed by atoms with van der Waals surface area (Å²) in [5, 5.41) is 31.1. The summed E-state index contributed by atoms with van der Waals surface area (Å²) >= 11 is 0. The highest BCUT2D eigenvalue weighted by Gasteiger charge is 2.47. The number of Topliss-reactive ketones (excluding diaryl/α,β-unsaturated/α-hetero) is 1. The first-order valence-corrected chi connectivity index (χ1v) is 10.8. The van der Waals surface area contributed by atoms with Crippen LogP contribution in [0.4, 0.5) is 0 Å². The van der Waals surface area contributed by atoms with Gasteiger partial charge in [-0.25, -0.2) is 8.42 Å². The highest BCUT2D eigenvalue weighted by molar-refractivity contribution is 7.91. The maximum absolute atomic E-state index is 12.9. The lowest BCUT2D eigenvalue weighted by molar-refractivity contribution is -0.606. The Kier molecular flexibility index (Phi) is 4.34. The number of rotatable bonds is 3. The van der Waals surface area contributed by atoms with Crippen LogP contribution in [-0.2, 0) is 16.3 Å². The Hall–Kier alpha value is -3.01. The third-order valence-electron chi connectivity index (χ3n) is 5.23. The molecule has 1 aromatic heterocycles. The van der Waals surface area contributed by atoms with Gasteiger partial charge < -0.3 is 24.9 Å². The fraction of sp³-hybridized carbons (Fsp3) is 0.368. The van der Waals surface area contributed by atoms with Gasteiger partial charge in [0.15, 0.2) is 38.6 Å². The predicted molar refractivity (Wildman–Crippen MR) is 99.8 cm³/mol. The number of aryl methyl sites for hydroxylation is 1. The van der Waals surface area contributed by atoms with Gasteiger partial charge in [0.2, 0.25) is 12.4 Å². The van der Waals surface area contributed by atoms with Crippen LogP contribution in [0.3, 0.4) is 0 Å². The Bertz CT molecular complexity index is 1090. The van der Waals surface area contributed by atoms with Crippen molar-refractivity contribution >= 4 is 15.6 Å². The van der Waals surface area contributed by atoms with Gasteiger partial charge in [-0.3, -0.25) is 4.79 Å². The zero-order valence-corrected chi connectivity index (χ0v) is 16.4. The van der Waals surface area contributed by atoms with Crippen LogP contribution in [0.5, 0.6) is 23.0 Å². The van der Waals surface area contributed by atoms with Gasteiger partial charge in [0, 0.05) is 19.3 Å². The van der Waals surface area contributed by atoms with Crippen molar-refractivity contribution in [3.05, 3.63) is 46.4 Å². The zero-order valence-electron chi connectivity index (χ0n) is 15.5. The number of hydrogen-bond acceptors (Lipinski definition) is 8. The third kappa shape index (κ3) is 3.44. The normalized spacial score (nSPS) is 18.7. The molecule has 0 aliphatic carbocycles. The van der Waals surface area contributed by atoms with Crippen LogP contribution in [-0.4, -0.2) is 41.7 Å². The quantitative estimate of drug-likeness (QED) is 0.428. The van der Waals surface area contributed by atoms with Crippen molar-refractivity contribution in [2.75, 3.05) is 11.5 Å². The summed E-state index contributed by atoms with van der Waals surface area (Å²) in [5.41, 5.74) is 0.849. The molecule has 0 amide bonds. The smallest absolute Gasteiger partial charge is 0.253 e. The minimum Gasteiger partial charge on any atom is -0.619 e. The topological polar surface area (TPSA) is 137 Å². The second-order valence-electron chi connectivity index (χ2n) is 7.32. The Morgan fingerprint density at radius 1 is 1.14 bits per heavy atom. The number of fused-ring (bicyclic) bond motifs is 1. The highest BCUT2D eigenvalue weighted by Crippen LogP contribution is 2.48. The first-order chi connectivity index (χ1) is 13.6. The molecule has 1 aromatic carbocycles. The van der Waals surface area contributed by atoms with Crippen LogP contribution in [0, 0.1) is 12.1 Å². The van der Waals surface area contributed by atoms with Crippen LogP contribution in [0.15, 0.2) is 24.5 Å². The van der Waals surface area contributed by atoms with E-state index in [9.17, 15) is 28.6 Å². The van der Waals surface area contributed by atoms with Gasteiger partial charge in [-0.1, -0.05) is 6.07 Å². The molecule has 0 radical (unpaired) electrons. The van der Waals surface area contributed by atoms with Crippen molar-refractivity contribution < 1.29 is 37.6 Å². The SMILES string of the molecule is Cc1ccc(C(=O)Cc2c(O)c[n+]([O-])cc2O)c2c1OC1(CCS(=O)(=O)CC1)O2. The maximum atomic E-state index is 12.9. The first-order valence-electron chi connectivity index (χ1n) is 8.98.